The molecule has 2 heterocycles. The second-order valence-corrected chi connectivity index (χ2v) is 5.70. The van der Waals surface area contributed by atoms with Crippen molar-refractivity contribution in [1.29, 1.82) is 0 Å². The Morgan fingerprint density at radius 2 is 2.26 bits per heavy atom. The molecule has 0 unspecified atom stereocenters. The number of hydrogen-bond acceptors (Lipinski definition) is 5. The van der Waals surface area contributed by atoms with Gasteiger partial charge in [0.15, 0.2) is 0 Å². The fraction of sp³-hybridized carbons (Fsp3) is 0.692. The van der Waals surface area contributed by atoms with E-state index in [2.05, 4.69) is 10.5 Å². The lowest BCUT2D eigenvalue weighted by molar-refractivity contribution is -0.119. The molecule has 1 amide bonds. The van der Waals surface area contributed by atoms with Gasteiger partial charge in [-0.1, -0.05) is 5.16 Å². The van der Waals surface area contributed by atoms with Crippen LogP contribution in [0.5, 0.6) is 0 Å². The second-order valence-electron chi connectivity index (χ2n) is 5.70. The van der Waals surface area contributed by atoms with Gasteiger partial charge >= 0.3 is 0 Å². The van der Waals surface area contributed by atoms with Crippen LogP contribution in [0.3, 0.4) is 0 Å². The van der Waals surface area contributed by atoms with Gasteiger partial charge in [-0.15, -0.1) is 0 Å². The maximum Gasteiger partial charge on any atom is 0.225 e. The number of carbonyl (C=O) groups excluding carboxylic acids is 1. The fourth-order valence-corrected chi connectivity index (χ4v) is 2.17. The summed E-state index contributed by atoms with van der Waals surface area (Å²) in [6, 6.07) is 1.88. The Morgan fingerprint density at radius 3 is 2.84 bits per heavy atom. The first kappa shape index (κ1) is 13.9. The van der Waals surface area contributed by atoms with E-state index in [1.54, 1.807) is 18.7 Å². The molecule has 1 saturated heterocycles. The number of hydrogen-bond donors (Lipinski definition) is 2. The molecule has 6 heteroatoms. The number of likely N-dealkylation sites (tertiary alicyclic amines) is 1. The van der Waals surface area contributed by atoms with Crippen molar-refractivity contribution >= 4 is 12.3 Å². The van der Waals surface area contributed by atoms with Crippen LogP contribution in [-0.4, -0.2) is 46.8 Å². The molecule has 2 N–H and O–H groups in total. The summed E-state index contributed by atoms with van der Waals surface area (Å²) in [5.74, 6) is 0.924. The number of aromatic nitrogens is 1. The van der Waals surface area contributed by atoms with E-state index in [0.29, 0.717) is 18.3 Å². The van der Waals surface area contributed by atoms with E-state index in [0.717, 1.165) is 38.0 Å². The van der Waals surface area contributed by atoms with Gasteiger partial charge in [-0.2, -0.15) is 0 Å². The highest BCUT2D eigenvalue weighted by atomic mass is 16.5. The molecular weight excluding hydrogens is 246 g/mol. The Morgan fingerprint density at radius 1 is 1.58 bits per heavy atom. The SMILES string of the molecule is CC(C)(O)CNc1cc(C2CCN(C=O)CC2)no1. The Bertz CT molecular complexity index is 417. The predicted molar refractivity (Wildman–Crippen MR) is 70.9 cm³/mol. The van der Waals surface area contributed by atoms with E-state index in [1.807, 2.05) is 6.07 Å². The molecule has 1 aliphatic heterocycles. The average molecular weight is 267 g/mol. The van der Waals surface area contributed by atoms with Gasteiger partial charge in [0.1, 0.15) is 0 Å². The van der Waals surface area contributed by atoms with Crippen molar-refractivity contribution in [3.63, 3.8) is 0 Å². The van der Waals surface area contributed by atoms with Crippen molar-refractivity contribution < 1.29 is 14.4 Å². The number of nitrogens with zero attached hydrogens (tertiary/aromatic N) is 2. The van der Waals surface area contributed by atoms with E-state index in [-0.39, 0.29) is 0 Å². The van der Waals surface area contributed by atoms with Crippen molar-refractivity contribution in [2.75, 3.05) is 25.0 Å². The topological polar surface area (TPSA) is 78.6 Å². The predicted octanol–water partition coefficient (Wildman–Crippen LogP) is 1.19. The molecule has 106 valence electrons. The first-order valence-corrected chi connectivity index (χ1v) is 6.60. The molecule has 6 nitrogen and oxygen atoms in total. The van der Waals surface area contributed by atoms with E-state index in [4.69, 9.17) is 4.52 Å². The summed E-state index contributed by atoms with van der Waals surface area (Å²) in [5.41, 5.74) is 0.131. The van der Waals surface area contributed by atoms with Crippen molar-refractivity contribution in [1.82, 2.24) is 10.1 Å². The molecular formula is C13H21N3O3. The third kappa shape index (κ3) is 3.96. The van der Waals surface area contributed by atoms with E-state index in [9.17, 15) is 9.90 Å². The highest BCUT2D eigenvalue weighted by Gasteiger charge is 2.23. The lowest BCUT2D eigenvalue weighted by Gasteiger charge is -2.27. The van der Waals surface area contributed by atoms with Crippen molar-refractivity contribution in [3.05, 3.63) is 11.8 Å². The number of anilines is 1. The van der Waals surface area contributed by atoms with Gasteiger partial charge in [0.05, 0.1) is 11.3 Å². The van der Waals surface area contributed by atoms with Gasteiger partial charge in [-0.05, 0) is 26.7 Å². The van der Waals surface area contributed by atoms with Crippen LogP contribution in [0, 0.1) is 0 Å². The highest BCUT2D eigenvalue weighted by Crippen LogP contribution is 2.28. The lowest BCUT2D eigenvalue weighted by Crippen LogP contribution is -2.31. The number of amides is 1. The summed E-state index contributed by atoms with van der Waals surface area (Å²) in [4.78, 5) is 12.4. The van der Waals surface area contributed by atoms with Gasteiger partial charge in [0, 0.05) is 31.6 Å². The molecule has 2 rings (SSSR count). The summed E-state index contributed by atoms with van der Waals surface area (Å²) in [7, 11) is 0. The number of nitrogens with one attached hydrogen (secondary N) is 1. The third-order valence-electron chi connectivity index (χ3n) is 3.32. The zero-order valence-electron chi connectivity index (χ0n) is 11.4. The van der Waals surface area contributed by atoms with Gasteiger partial charge in [-0.25, -0.2) is 0 Å². The molecule has 0 radical (unpaired) electrons. The minimum Gasteiger partial charge on any atom is -0.389 e. The summed E-state index contributed by atoms with van der Waals surface area (Å²) in [6.07, 6.45) is 2.72. The van der Waals surface area contributed by atoms with Crippen molar-refractivity contribution in [3.8, 4) is 0 Å². The van der Waals surface area contributed by atoms with Crippen LogP contribution in [-0.2, 0) is 4.79 Å². The maximum atomic E-state index is 10.6. The summed E-state index contributed by atoms with van der Waals surface area (Å²) in [5, 5.41) is 16.7. The zero-order valence-corrected chi connectivity index (χ0v) is 11.4. The quantitative estimate of drug-likeness (QED) is 0.784. The first-order chi connectivity index (χ1) is 8.98. The molecule has 0 aliphatic carbocycles. The third-order valence-corrected chi connectivity index (χ3v) is 3.32. The summed E-state index contributed by atoms with van der Waals surface area (Å²) < 4.78 is 5.21. The molecule has 0 aromatic carbocycles. The second kappa shape index (κ2) is 5.61. The smallest absolute Gasteiger partial charge is 0.225 e. The van der Waals surface area contributed by atoms with Crippen molar-refractivity contribution in [2.24, 2.45) is 0 Å². The van der Waals surface area contributed by atoms with Crippen molar-refractivity contribution in [2.45, 2.75) is 38.2 Å². The van der Waals surface area contributed by atoms with Crippen LogP contribution in [0.1, 0.15) is 38.3 Å². The first-order valence-electron chi connectivity index (χ1n) is 6.60. The Hall–Kier alpha value is -1.56. The van der Waals surface area contributed by atoms with Gasteiger partial charge < -0.3 is 19.8 Å². The molecule has 1 fully saturated rings. The molecule has 0 atom stereocenters. The highest BCUT2D eigenvalue weighted by molar-refractivity contribution is 5.47. The van der Waals surface area contributed by atoms with E-state index < -0.39 is 5.60 Å². The maximum absolute atomic E-state index is 10.6. The number of piperidine rings is 1. The van der Waals surface area contributed by atoms with Gasteiger partial charge in [-0.3, -0.25) is 4.79 Å². The normalized spacial score (nSPS) is 17.5. The Kier molecular flexibility index (Phi) is 4.09. The minimum absolute atomic E-state index is 0.345. The van der Waals surface area contributed by atoms with Crippen LogP contribution in [0.15, 0.2) is 10.6 Å². The Balaban J connectivity index is 1.89. The van der Waals surface area contributed by atoms with Crippen LogP contribution >= 0.6 is 0 Å². The standard InChI is InChI=1S/C13H21N3O3/c1-13(2,18)8-14-12-7-11(15-19-12)10-3-5-16(9-17)6-4-10/h7,9-10,14,18H,3-6,8H2,1-2H3. The van der Waals surface area contributed by atoms with Crippen LogP contribution < -0.4 is 5.32 Å². The molecule has 0 spiro atoms. The Labute approximate surface area is 112 Å². The molecule has 1 aromatic heterocycles. The summed E-state index contributed by atoms with van der Waals surface area (Å²) in [6.45, 7) is 5.41. The van der Waals surface area contributed by atoms with Crippen LogP contribution in [0.4, 0.5) is 5.88 Å². The van der Waals surface area contributed by atoms with E-state index in [1.165, 1.54) is 0 Å². The molecule has 0 bridgehead atoms. The zero-order chi connectivity index (χ0) is 13.9. The van der Waals surface area contributed by atoms with Gasteiger partial charge in [0.2, 0.25) is 12.3 Å². The van der Waals surface area contributed by atoms with Crippen LogP contribution in [0.2, 0.25) is 0 Å². The fourth-order valence-electron chi connectivity index (χ4n) is 2.17. The number of carbonyl (C=O) groups is 1. The number of aliphatic hydroxyl groups is 1. The average Bonchev–Trinajstić information content (AvgIpc) is 2.84. The monoisotopic (exact) mass is 267 g/mol. The van der Waals surface area contributed by atoms with Gasteiger partial charge in [0.25, 0.3) is 0 Å². The molecule has 19 heavy (non-hydrogen) atoms. The lowest BCUT2D eigenvalue weighted by atomic mass is 9.94. The van der Waals surface area contributed by atoms with Crippen LogP contribution in [0.25, 0.3) is 0 Å². The molecule has 0 saturated carbocycles. The molecule has 1 aromatic rings. The summed E-state index contributed by atoms with van der Waals surface area (Å²) >= 11 is 0. The minimum atomic E-state index is -0.789. The van der Waals surface area contributed by atoms with E-state index >= 15 is 0 Å². The largest absolute Gasteiger partial charge is 0.389 e. The number of rotatable bonds is 5. The molecule has 1 aliphatic rings.